The van der Waals surface area contributed by atoms with Gasteiger partial charge in [-0.05, 0) is 95.9 Å². The third kappa shape index (κ3) is 4.11. The number of rotatable bonds is 4. The molecule has 0 aliphatic carbocycles. The van der Waals surface area contributed by atoms with Gasteiger partial charge in [0.1, 0.15) is 0 Å². The zero-order valence-electron chi connectivity index (χ0n) is 25.0. The maximum Gasteiger partial charge on any atom is 0.0541 e. The normalized spacial score (nSPS) is 11.7. The van der Waals surface area contributed by atoms with Gasteiger partial charge in [-0.2, -0.15) is 0 Å². The minimum absolute atomic E-state index is 1.17. The van der Waals surface area contributed by atoms with E-state index in [1.54, 1.807) is 0 Å². The van der Waals surface area contributed by atoms with Crippen molar-refractivity contribution in [2.45, 2.75) is 6.92 Å². The highest BCUT2D eigenvalue weighted by Crippen LogP contribution is 2.39. The van der Waals surface area contributed by atoms with E-state index >= 15 is 0 Å². The van der Waals surface area contributed by atoms with Crippen molar-refractivity contribution in [3.8, 4) is 33.6 Å². The quantitative estimate of drug-likeness (QED) is 0.198. The van der Waals surface area contributed by atoms with Crippen molar-refractivity contribution in [3.63, 3.8) is 0 Å². The molecule has 0 saturated heterocycles. The van der Waals surface area contributed by atoms with E-state index in [1.807, 2.05) is 0 Å². The Morgan fingerprint density at radius 3 is 1.31 bits per heavy atom. The number of hydrogen-bond acceptors (Lipinski definition) is 0. The van der Waals surface area contributed by atoms with Gasteiger partial charge in [0.05, 0.1) is 22.1 Å². The van der Waals surface area contributed by atoms with Gasteiger partial charge in [0.2, 0.25) is 0 Å². The molecule has 7 aromatic carbocycles. The van der Waals surface area contributed by atoms with Crippen LogP contribution < -0.4 is 0 Å². The fourth-order valence-electron chi connectivity index (χ4n) is 6.99. The molecule has 212 valence electrons. The highest BCUT2D eigenvalue weighted by atomic mass is 15.0. The number of nitrogens with zero attached hydrogens (tertiary/aromatic N) is 2. The summed E-state index contributed by atoms with van der Waals surface area (Å²) in [5.41, 5.74) is 13.4. The zero-order chi connectivity index (χ0) is 29.9. The van der Waals surface area contributed by atoms with Gasteiger partial charge in [-0.1, -0.05) is 103 Å². The predicted molar refractivity (Wildman–Crippen MR) is 191 cm³/mol. The molecule has 2 heteroatoms. The summed E-state index contributed by atoms with van der Waals surface area (Å²) >= 11 is 0. The first-order valence-corrected chi connectivity index (χ1v) is 15.5. The molecule has 0 spiro atoms. The number of hydrogen-bond donors (Lipinski definition) is 0. The average Bonchev–Trinajstić information content (AvgIpc) is 3.61. The van der Waals surface area contributed by atoms with E-state index in [2.05, 4.69) is 180 Å². The van der Waals surface area contributed by atoms with E-state index in [9.17, 15) is 0 Å². The molecular formula is C43H30N2. The standard InChI is InChI=1S/C43H30N2/c1-29-16-21-35(22-17-29)45-40-15-9-8-14-36(40)37-27-32(19-24-41(37)45)33-20-25-43-39(28-33)38-26-31(30-10-4-2-5-11-30)18-23-42(38)44(43)34-12-6-3-7-13-34/h2-28H,1H3. The maximum atomic E-state index is 2.39. The molecule has 9 rings (SSSR count). The van der Waals surface area contributed by atoms with Crippen molar-refractivity contribution in [1.82, 2.24) is 9.13 Å². The SMILES string of the molecule is Cc1ccc(-n2c3ccccc3c3cc(-c4ccc5c(c4)c4cc(-c6ccccc6)ccc4n5-c4ccccc4)ccc32)cc1. The van der Waals surface area contributed by atoms with Crippen molar-refractivity contribution in [1.29, 1.82) is 0 Å². The summed E-state index contributed by atoms with van der Waals surface area (Å²) < 4.78 is 4.78. The average molecular weight is 575 g/mol. The van der Waals surface area contributed by atoms with Gasteiger partial charge in [0.15, 0.2) is 0 Å². The summed E-state index contributed by atoms with van der Waals surface area (Å²) in [5, 5.41) is 5.05. The molecule has 9 aromatic rings. The van der Waals surface area contributed by atoms with E-state index in [4.69, 9.17) is 0 Å². The highest BCUT2D eigenvalue weighted by molar-refractivity contribution is 6.13. The molecule has 0 radical (unpaired) electrons. The maximum absolute atomic E-state index is 2.39. The predicted octanol–water partition coefficient (Wildman–Crippen LogP) is 11.5. The van der Waals surface area contributed by atoms with Gasteiger partial charge >= 0.3 is 0 Å². The molecule has 2 nitrogen and oxygen atoms in total. The molecule has 0 atom stereocenters. The van der Waals surface area contributed by atoms with Crippen LogP contribution in [-0.4, -0.2) is 9.13 Å². The van der Waals surface area contributed by atoms with Crippen molar-refractivity contribution in [2.24, 2.45) is 0 Å². The summed E-state index contributed by atoms with van der Waals surface area (Å²) in [4.78, 5) is 0. The zero-order valence-corrected chi connectivity index (χ0v) is 25.0. The highest BCUT2D eigenvalue weighted by Gasteiger charge is 2.16. The Balaban J connectivity index is 1.27. The van der Waals surface area contributed by atoms with E-state index < -0.39 is 0 Å². The topological polar surface area (TPSA) is 9.86 Å². The molecule has 45 heavy (non-hydrogen) atoms. The lowest BCUT2D eigenvalue weighted by Gasteiger charge is -2.09. The second kappa shape index (κ2) is 10.1. The third-order valence-electron chi connectivity index (χ3n) is 9.18. The smallest absolute Gasteiger partial charge is 0.0541 e. The van der Waals surface area contributed by atoms with Crippen LogP contribution in [0.4, 0.5) is 0 Å². The Morgan fingerprint density at radius 1 is 0.311 bits per heavy atom. The van der Waals surface area contributed by atoms with Crippen LogP contribution in [0.2, 0.25) is 0 Å². The van der Waals surface area contributed by atoms with Crippen LogP contribution in [0.15, 0.2) is 164 Å². The molecule has 0 bridgehead atoms. The minimum atomic E-state index is 1.17. The van der Waals surface area contributed by atoms with Crippen molar-refractivity contribution >= 4 is 43.6 Å². The van der Waals surface area contributed by atoms with Gasteiger partial charge in [-0.3, -0.25) is 0 Å². The lowest BCUT2D eigenvalue weighted by atomic mass is 9.99. The molecule has 0 fully saturated rings. The van der Waals surface area contributed by atoms with Crippen LogP contribution in [0.25, 0.3) is 77.2 Å². The number of aryl methyl sites for hydroxylation is 1. The number of benzene rings is 7. The molecule has 2 aromatic heterocycles. The van der Waals surface area contributed by atoms with Crippen LogP contribution in [0.1, 0.15) is 5.56 Å². The first-order valence-electron chi connectivity index (χ1n) is 15.5. The van der Waals surface area contributed by atoms with Crippen LogP contribution in [0.3, 0.4) is 0 Å². The second-order valence-corrected chi connectivity index (χ2v) is 11.9. The Morgan fingerprint density at radius 2 is 0.733 bits per heavy atom. The van der Waals surface area contributed by atoms with Gasteiger partial charge in [-0.15, -0.1) is 0 Å². The van der Waals surface area contributed by atoms with E-state index in [0.29, 0.717) is 0 Å². The summed E-state index contributed by atoms with van der Waals surface area (Å²) in [6.45, 7) is 2.14. The summed E-state index contributed by atoms with van der Waals surface area (Å²) in [6.07, 6.45) is 0. The molecule has 0 aliphatic heterocycles. The lowest BCUT2D eigenvalue weighted by Crippen LogP contribution is -1.93. The van der Waals surface area contributed by atoms with Gasteiger partial charge in [0.25, 0.3) is 0 Å². The number of aromatic nitrogens is 2. The van der Waals surface area contributed by atoms with Gasteiger partial charge < -0.3 is 9.13 Å². The van der Waals surface area contributed by atoms with E-state index in [0.717, 1.165) is 0 Å². The van der Waals surface area contributed by atoms with E-state index in [-0.39, 0.29) is 0 Å². The first kappa shape index (κ1) is 25.6. The van der Waals surface area contributed by atoms with Crippen LogP contribution in [-0.2, 0) is 0 Å². The Bertz CT molecular complexity index is 2510. The van der Waals surface area contributed by atoms with Crippen molar-refractivity contribution in [3.05, 3.63) is 169 Å². The van der Waals surface area contributed by atoms with Crippen LogP contribution in [0.5, 0.6) is 0 Å². The molecule has 0 N–H and O–H groups in total. The number of fused-ring (bicyclic) bond motifs is 6. The molecular weight excluding hydrogens is 544 g/mol. The fourth-order valence-corrected chi connectivity index (χ4v) is 6.99. The molecule has 0 unspecified atom stereocenters. The van der Waals surface area contributed by atoms with Crippen molar-refractivity contribution in [2.75, 3.05) is 0 Å². The van der Waals surface area contributed by atoms with Crippen LogP contribution >= 0.6 is 0 Å². The summed E-state index contributed by atoms with van der Waals surface area (Å²) in [6, 6.07) is 59.7. The number of para-hydroxylation sites is 2. The van der Waals surface area contributed by atoms with Gasteiger partial charge in [0, 0.05) is 32.9 Å². The van der Waals surface area contributed by atoms with Crippen molar-refractivity contribution < 1.29 is 0 Å². The molecule has 0 amide bonds. The molecule has 2 heterocycles. The third-order valence-corrected chi connectivity index (χ3v) is 9.18. The van der Waals surface area contributed by atoms with Crippen LogP contribution in [0, 0.1) is 6.92 Å². The molecule has 0 aliphatic rings. The Hall–Kier alpha value is -5.86. The lowest BCUT2D eigenvalue weighted by molar-refractivity contribution is 1.17. The second-order valence-electron chi connectivity index (χ2n) is 11.9. The minimum Gasteiger partial charge on any atom is -0.309 e. The summed E-state index contributed by atoms with van der Waals surface area (Å²) in [7, 11) is 0. The Kier molecular flexibility index (Phi) is 5.76. The largest absolute Gasteiger partial charge is 0.309 e. The first-order chi connectivity index (χ1) is 22.2. The monoisotopic (exact) mass is 574 g/mol. The molecule has 0 saturated carbocycles. The van der Waals surface area contributed by atoms with E-state index in [1.165, 1.54) is 82.8 Å². The fraction of sp³-hybridized carbons (Fsp3) is 0.0233. The Labute approximate surface area is 262 Å². The van der Waals surface area contributed by atoms with Gasteiger partial charge in [-0.25, -0.2) is 0 Å². The summed E-state index contributed by atoms with van der Waals surface area (Å²) in [5.74, 6) is 0.